The number of fused-ring (bicyclic) bond motifs is 1. The summed E-state index contributed by atoms with van der Waals surface area (Å²) in [4.78, 5) is 14.6. The molecule has 1 aromatic carbocycles. The molecule has 0 fully saturated rings. The molecule has 0 aliphatic rings. The van der Waals surface area contributed by atoms with Crippen LogP contribution in [0, 0.1) is 6.92 Å². The van der Waals surface area contributed by atoms with Crippen molar-refractivity contribution < 1.29 is 0 Å². The van der Waals surface area contributed by atoms with Crippen LogP contribution in [-0.2, 0) is 0 Å². The normalized spacial score (nSPS) is 11.0. The number of aromatic nitrogens is 3. The lowest BCUT2D eigenvalue weighted by Gasteiger charge is -2.06. The first kappa shape index (κ1) is 13.8. The minimum absolute atomic E-state index is 0.541. The van der Waals surface area contributed by atoms with Gasteiger partial charge in [0.25, 0.3) is 0 Å². The van der Waals surface area contributed by atoms with Crippen LogP contribution >= 0.6 is 11.3 Å². The highest BCUT2D eigenvalue weighted by atomic mass is 32.1. The number of para-hydroxylation sites is 1. The third-order valence-corrected chi connectivity index (χ3v) is 4.59. The van der Waals surface area contributed by atoms with Crippen LogP contribution in [0.1, 0.15) is 5.69 Å². The minimum Gasteiger partial charge on any atom is -0.375 e. The predicted molar refractivity (Wildman–Crippen MR) is 95.2 cm³/mol. The van der Waals surface area contributed by atoms with E-state index < -0.39 is 0 Å². The van der Waals surface area contributed by atoms with Crippen molar-refractivity contribution in [1.29, 1.82) is 0 Å². The molecule has 0 unspecified atom stereocenters. The molecule has 0 aliphatic heterocycles. The number of nitrogen functional groups attached to an aromatic ring is 1. The number of nitrogens with two attached hydrogens (primary N) is 1. The number of hydrogen-bond acceptors (Lipinski definition) is 5. The zero-order chi connectivity index (χ0) is 15.8. The first-order chi connectivity index (χ1) is 11.2. The molecule has 3 aromatic heterocycles. The van der Waals surface area contributed by atoms with Crippen molar-refractivity contribution in [1.82, 2.24) is 15.0 Å². The Bertz CT molecular complexity index is 1000. The molecule has 23 heavy (non-hydrogen) atoms. The monoisotopic (exact) mass is 318 g/mol. The lowest BCUT2D eigenvalue weighted by atomic mass is 10.1. The van der Waals surface area contributed by atoms with Crippen molar-refractivity contribution in [3.8, 4) is 21.8 Å². The summed E-state index contributed by atoms with van der Waals surface area (Å²) in [6.07, 6.45) is 1.82. The number of nitrogens with zero attached hydrogens (tertiary/aromatic N) is 3. The van der Waals surface area contributed by atoms with Crippen molar-refractivity contribution in [3.05, 3.63) is 60.4 Å². The molecule has 112 valence electrons. The molecular formula is C18H14N4S. The molecule has 5 heteroatoms. The van der Waals surface area contributed by atoms with E-state index in [4.69, 9.17) is 5.73 Å². The van der Waals surface area contributed by atoms with Gasteiger partial charge in [-0.1, -0.05) is 35.6 Å². The van der Waals surface area contributed by atoms with Gasteiger partial charge >= 0.3 is 0 Å². The fourth-order valence-electron chi connectivity index (χ4n) is 2.66. The fourth-order valence-corrected chi connectivity index (χ4v) is 3.54. The van der Waals surface area contributed by atoms with Gasteiger partial charge in [0.05, 0.1) is 16.1 Å². The van der Waals surface area contributed by atoms with Crippen LogP contribution in [0.15, 0.2) is 54.7 Å². The van der Waals surface area contributed by atoms with E-state index in [0.717, 1.165) is 38.4 Å². The summed E-state index contributed by atoms with van der Waals surface area (Å²) in [5.74, 6) is 0. The second kappa shape index (κ2) is 5.44. The quantitative estimate of drug-likeness (QED) is 0.598. The molecule has 4 aromatic rings. The van der Waals surface area contributed by atoms with Crippen LogP contribution in [0.3, 0.4) is 0 Å². The average Bonchev–Trinajstić information content (AvgIpc) is 2.96. The number of hydrogen-bond donors (Lipinski definition) is 1. The van der Waals surface area contributed by atoms with Gasteiger partial charge in [-0.15, -0.1) is 0 Å². The Kier molecular flexibility index (Phi) is 3.28. The lowest BCUT2D eigenvalue weighted by Crippen LogP contribution is -1.90. The molecule has 0 aliphatic carbocycles. The van der Waals surface area contributed by atoms with E-state index in [-0.39, 0.29) is 0 Å². The van der Waals surface area contributed by atoms with Crippen LogP contribution in [0.25, 0.3) is 32.7 Å². The molecule has 0 atom stereocenters. The van der Waals surface area contributed by atoms with Crippen LogP contribution in [-0.4, -0.2) is 15.0 Å². The topological polar surface area (TPSA) is 64.7 Å². The summed E-state index contributed by atoms with van der Waals surface area (Å²) in [6.45, 7) is 1.97. The highest BCUT2D eigenvalue weighted by Gasteiger charge is 2.17. The molecule has 0 saturated heterocycles. The van der Waals surface area contributed by atoms with E-state index >= 15 is 0 Å². The zero-order valence-electron chi connectivity index (χ0n) is 12.5. The Labute approximate surface area is 137 Å². The Hall–Kier alpha value is -2.79. The minimum atomic E-state index is 0.541. The lowest BCUT2D eigenvalue weighted by molar-refractivity contribution is 1.19. The number of benzene rings is 1. The fraction of sp³-hybridized carbons (Fsp3) is 0.0556. The SMILES string of the molecule is Cc1cccc(-c2nc(N)sc2-c2ccnc3ccccc23)n1. The van der Waals surface area contributed by atoms with Gasteiger partial charge in [-0.05, 0) is 31.2 Å². The maximum absolute atomic E-state index is 6.00. The number of pyridine rings is 2. The highest BCUT2D eigenvalue weighted by molar-refractivity contribution is 7.19. The van der Waals surface area contributed by atoms with Crippen LogP contribution in [0.5, 0.6) is 0 Å². The summed E-state index contributed by atoms with van der Waals surface area (Å²) >= 11 is 1.48. The molecular weight excluding hydrogens is 304 g/mol. The first-order valence-electron chi connectivity index (χ1n) is 7.27. The zero-order valence-corrected chi connectivity index (χ0v) is 13.3. The van der Waals surface area contributed by atoms with Crippen molar-refractivity contribution in [2.24, 2.45) is 0 Å². The van der Waals surface area contributed by atoms with E-state index in [1.807, 2.05) is 55.6 Å². The van der Waals surface area contributed by atoms with Gasteiger partial charge in [0.15, 0.2) is 5.13 Å². The molecule has 0 amide bonds. The van der Waals surface area contributed by atoms with Crippen LogP contribution in [0.2, 0.25) is 0 Å². The van der Waals surface area contributed by atoms with Gasteiger partial charge in [-0.25, -0.2) is 4.98 Å². The summed E-state index contributed by atoms with van der Waals surface area (Å²) in [5.41, 5.74) is 10.7. The van der Waals surface area contributed by atoms with Gasteiger partial charge in [0.1, 0.15) is 5.69 Å². The Morgan fingerprint density at radius 3 is 2.70 bits per heavy atom. The predicted octanol–water partition coefficient (Wildman–Crippen LogP) is 4.31. The van der Waals surface area contributed by atoms with Gasteiger partial charge < -0.3 is 5.73 Å². The van der Waals surface area contributed by atoms with Gasteiger partial charge in [-0.3, -0.25) is 9.97 Å². The van der Waals surface area contributed by atoms with E-state index in [1.165, 1.54) is 11.3 Å². The molecule has 3 heterocycles. The molecule has 0 spiro atoms. The Morgan fingerprint density at radius 1 is 0.957 bits per heavy atom. The van der Waals surface area contributed by atoms with Crippen LogP contribution in [0.4, 0.5) is 5.13 Å². The largest absolute Gasteiger partial charge is 0.375 e. The maximum atomic E-state index is 6.00. The smallest absolute Gasteiger partial charge is 0.181 e. The molecule has 0 bridgehead atoms. The molecule has 0 saturated carbocycles. The van der Waals surface area contributed by atoms with E-state index in [9.17, 15) is 0 Å². The molecule has 2 N–H and O–H groups in total. The first-order valence-corrected chi connectivity index (χ1v) is 8.08. The van der Waals surface area contributed by atoms with Crippen molar-refractivity contribution in [2.45, 2.75) is 6.92 Å². The van der Waals surface area contributed by atoms with Crippen molar-refractivity contribution >= 4 is 27.4 Å². The second-order valence-corrected chi connectivity index (χ2v) is 6.30. The Morgan fingerprint density at radius 2 is 1.83 bits per heavy atom. The van der Waals surface area contributed by atoms with Gasteiger partial charge in [0, 0.05) is 22.8 Å². The highest BCUT2D eigenvalue weighted by Crippen LogP contribution is 2.39. The number of anilines is 1. The number of aryl methyl sites for hydroxylation is 1. The third kappa shape index (κ3) is 2.45. The third-order valence-electron chi connectivity index (χ3n) is 3.67. The molecule has 4 rings (SSSR count). The number of rotatable bonds is 2. The van der Waals surface area contributed by atoms with Gasteiger partial charge in [-0.2, -0.15) is 0 Å². The summed E-state index contributed by atoms with van der Waals surface area (Å²) in [6, 6.07) is 16.0. The molecule has 4 nitrogen and oxygen atoms in total. The van der Waals surface area contributed by atoms with Crippen molar-refractivity contribution in [2.75, 3.05) is 5.73 Å². The standard InChI is InChI=1S/C18H14N4S/c1-11-5-4-8-15(21-11)16-17(23-18(19)22-16)13-9-10-20-14-7-3-2-6-12(13)14/h2-10H,1H3,(H2,19,22). The molecule has 0 radical (unpaired) electrons. The second-order valence-electron chi connectivity index (χ2n) is 5.27. The summed E-state index contributed by atoms with van der Waals surface area (Å²) in [7, 11) is 0. The van der Waals surface area contributed by atoms with Crippen molar-refractivity contribution in [3.63, 3.8) is 0 Å². The Balaban J connectivity index is 1.99. The van der Waals surface area contributed by atoms with E-state index in [1.54, 1.807) is 0 Å². The summed E-state index contributed by atoms with van der Waals surface area (Å²) in [5, 5.41) is 1.63. The van der Waals surface area contributed by atoms with E-state index in [2.05, 4.69) is 21.0 Å². The number of thiazole rings is 1. The maximum Gasteiger partial charge on any atom is 0.181 e. The average molecular weight is 318 g/mol. The van der Waals surface area contributed by atoms with Crippen LogP contribution < -0.4 is 5.73 Å². The van der Waals surface area contributed by atoms with Gasteiger partial charge in [0.2, 0.25) is 0 Å². The van der Waals surface area contributed by atoms with E-state index in [0.29, 0.717) is 5.13 Å². The summed E-state index contributed by atoms with van der Waals surface area (Å²) < 4.78 is 0.